The Morgan fingerprint density at radius 1 is 1.40 bits per heavy atom. The molecular formula is C15H15NO3S. The monoisotopic (exact) mass is 289 g/mol. The number of carbonyl (C=O) groups excluding carboxylic acids is 1. The SMILES string of the molecule is COc1ccc(C(=O)N2CCc3sccc3C2)c(O)c1. The van der Waals surface area contributed by atoms with Gasteiger partial charge in [0.2, 0.25) is 0 Å². The van der Waals surface area contributed by atoms with E-state index >= 15 is 0 Å². The molecule has 1 aromatic carbocycles. The summed E-state index contributed by atoms with van der Waals surface area (Å²) in [6, 6.07) is 6.83. The molecule has 20 heavy (non-hydrogen) atoms. The number of phenols is 1. The molecule has 0 atom stereocenters. The Morgan fingerprint density at radius 3 is 3.00 bits per heavy atom. The molecule has 1 aliphatic heterocycles. The summed E-state index contributed by atoms with van der Waals surface area (Å²) in [5.74, 6) is 0.366. The van der Waals surface area contributed by atoms with E-state index in [-0.39, 0.29) is 11.7 Å². The van der Waals surface area contributed by atoms with Crippen LogP contribution in [0.1, 0.15) is 20.8 Å². The van der Waals surface area contributed by atoms with Gasteiger partial charge >= 0.3 is 0 Å². The maximum absolute atomic E-state index is 12.5. The van der Waals surface area contributed by atoms with Gasteiger partial charge in [0.1, 0.15) is 11.5 Å². The lowest BCUT2D eigenvalue weighted by Gasteiger charge is -2.27. The van der Waals surface area contributed by atoms with Gasteiger partial charge in [0.25, 0.3) is 5.91 Å². The van der Waals surface area contributed by atoms with Crippen molar-refractivity contribution in [2.24, 2.45) is 0 Å². The number of hydrogen-bond acceptors (Lipinski definition) is 4. The minimum absolute atomic E-state index is 0.0366. The van der Waals surface area contributed by atoms with Crippen molar-refractivity contribution in [3.8, 4) is 11.5 Å². The summed E-state index contributed by atoms with van der Waals surface area (Å²) in [7, 11) is 1.53. The minimum Gasteiger partial charge on any atom is -0.507 e. The first-order chi connectivity index (χ1) is 9.69. The zero-order valence-corrected chi connectivity index (χ0v) is 11.9. The molecule has 1 amide bonds. The van der Waals surface area contributed by atoms with Gasteiger partial charge in [0.05, 0.1) is 12.7 Å². The lowest BCUT2D eigenvalue weighted by Crippen LogP contribution is -2.35. The van der Waals surface area contributed by atoms with Gasteiger partial charge in [-0.05, 0) is 35.6 Å². The van der Waals surface area contributed by atoms with Crippen LogP contribution in [0.25, 0.3) is 0 Å². The maximum Gasteiger partial charge on any atom is 0.257 e. The summed E-state index contributed by atoms with van der Waals surface area (Å²) in [5, 5.41) is 12.0. The van der Waals surface area contributed by atoms with Crippen molar-refractivity contribution in [2.45, 2.75) is 13.0 Å². The molecular weight excluding hydrogens is 274 g/mol. The van der Waals surface area contributed by atoms with Gasteiger partial charge in [-0.2, -0.15) is 0 Å². The first kappa shape index (κ1) is 13.0. The number of aromatic hydroxyl groups is 1. The highest BCUT2D eigenvalue weighted by molar-refractivity contribution is 7.10. The molecule has 2 aromatic rings. The van der Waals surface area contributed by atoms with Gasteiger partial charge < -0.3 is 14.7 Å². The zero-order chi connectivity index (χ0) is 14.1. The van der Waals surface area contributed by atoms with Gasteiger partial charge in [-0.3, -0.25) is 4.79 Å². The number of fused-ring (bicyclic) bond motifs is 1. The first-order valence-electron chi connectivity index (χ1n) is 6.40. The normalized spacial score (nSPS) is 13.9. The number of amides is 1. The van der Waals surface area contributed by atoms with Crippen molar-refractivity contribution in [3.05, 3.63) is 45.6 Å². The van der Waals surface area contributed by atoms with Crippen molar-refractivity contribution in [1.29, 1.82) is 0 Å². The largest absolute Gasteiger partial charge is 0.507 e. The van der Waals surface area contributed by atoms with Crippen LogP contribution in [0.4, 0.5) is 0 Å². The molecule has 0 aliphatic carbocycles. The lowest BCUT2D eigenvalue weighted by molar-refractivity contribution is 0.0733. The summed E-state index contributed by atoms with van der Waals surface area (Å²) in [4.78, 5) is 15.6. The van der Waals surface area contributed by atoms with Gasteiger partial charge in [0.15, 0.2) is 0 Å². The highest BCUT2D eigenvalue weighted by Crippen LogP contribution is 2.28. The Kier molecular flexibility index (Phi) is 3.36. The molecule has 0 bridgehead atoms. The van der Waals surface area contributed by atoms with Crippen molar-refractivity contribution in [1.82, 2.24) is 4.90 Å². The van der Waals surface area contributed by atoms with E-state index in [9.17, 15) is 9.90 Å². The molecule has 5 heteroatoms. The summed E-state index contributed by atoms with van der Waals surface area (Å²) < 4.78 is 5.03. The smallest absolute Gasteiger partial charge is 0.257 e. The van der Waals surface area contributed by atoms with Crippen LogP contribution < -0.4 is 4.74 Å². The Balaban J connectivity index is 1.83. The van der Waals surface area contributed by atoms with Crippen LogP contribution in [0.3, 0.4) is 0 Å². The molecule has 1 aliphatic rings. The third kappa shape index (κ3) is 2.25. The summed E-state index contributed by atoms with van der Waals surface area (Å²) in [6.45, 7) is 1.31. The zero-order valence-electron chi connectivity index (χ0n) is 11.1. The third-order valence-corrected chi connectivity index (χ3v) is 4.55. The number of benzene rings is 1. The first-order valence-corrected chi connectivity index (χ1v) is 7.28. The Labute approximate surface area is 121 Å². The quantitative estimate of drug-likeness (QED) is 0.924. The second-order valence-electron chi connectivity index (χ2n) is 4.73. The highest BCUT2D eigenvalue weighted by atomic mass is 32.1. The van der Waals surface area contributed by atoms with E-state index < -0.39 is 0 Å². The van der Waals surface area contributed by atoms with Crippen LogP contribution in [0.2, 0.25) is 0 Å². The Morgan fingerprint density at radius 2 is 2.25 bits per heavy atom. The lowest BCUT2D eigenvalue weighted by atomic mass is 10.1. The number of nitrogens with zero attached hydrogens (tertiary/aromatic N) is 1. The molecule has 4 nitrogen and oxygen atoms in total. The average Bonchev–Trinajstić information content (AvgIpc) is 2.93. The summed E-state index contributed by atoms with van der Waals surface area (Å²) in [5.41, 5.74) is 1.53. The van der Waals surface area contributed by atoms with Gasteiger partial charge in [-0.15, -0.1) is 11.3 Å². The molecule has 104 valence electrons. The van der Waals surface area contributed by atoms with E-state index in [0.717, 1.165) is 6.42 Å². The Hall–Kier alpha value is -2.01. The number of methoxy groups -OCH3 is 1. The van der Waals surface area contributed by atoms with Crippen molar-refractivity contribution in [2.75, 3.05) is 13.7 Å². The Bertz CT molecular complexity index is 650. The topological polar surface area (TPSA) is 49.8 Å². The number of ether oxygens (including phenoxy) is 1. The molecule has 2 heterocycles. The average molecular weight is 289 g/mol. The van der Waals surface area contributed by atoms with E-state index in [0.29, 0.717) is 24.4 Å². The fourth-order valence-corrected chi connectivity index (χ4v) is 3.30. The molecule has 0 spiro atoms. The molecule has 0 saturated heterocycles. The van der Waals surface area contributed by atoms with Gasteiger partial charge in [-0.25, -0.2) is 0 Å². The molecule has 0 fully saturated rings. The molecule has 0 unspecified atom stereocenters. The number of hydrogen-bond donors (Lipinski definition) is 1. The van der Waals surface area contributed by atoms with Crippen LogP contribution in [0.15, 0.2) is 29.6 Å². The van der Waals surface area contributed by atoms with Crippen molar-refractivity contribution in [3.63, 3.8) is 0 Å². The van der Waals surface area contributed by atoms with Crippen molar-refractivity contribution >= 4 is 17.2 Å². The number of thiophene rings is 1. The van der Waals surface area contributed by atoms with E-state index in [1.165, 1.54) is 23.6 Å². The van der Waals surface area contributed by atoms with Crippen LogP contribution in [0.5, 0.6) is 11.5 Å². The van der Waals surface area contributed by atoms with E-state index in [1.54, 1.807) is 28.4 Å². The molecule has 0 radical (unpaired) electrons. The fourth-order valence-electron chi connectivity index (χ4n) is 2.41. The predicted octanol–water partition coefficient (Wildman–Crippen LogP) is 2.66. The number of rotatable bonds is 2. The van der Waals surface area contributed by atoms with Crippen LogP contribution in [0, 0.1) is 0 Å². The molecule has 1 N–H and O–H groups in total. The van der Waals surface area contributed by atoms with E-state index in [4.69, 9.17) is 4.74 Å². The predicted molar refractivity (Wildman–Crippen MR) is 77.4 cm³/mol. The van der Waals surface area contributed by atoms with Crippen LogP contribution in [-0.4, -0.2) is 29.6 Å². The second-order valence-corrected chi connectivity index (χ2v) is 5.73. The summed E-state index contributed by atoms with van der Waals surface area (Å²) in [6.07, 6.45) is 0.885. The molecule has 3 rings (SSSR count). The van der Waals surface area contributed by atoms with Crippen LogP contribution >= 0.6 is 11.3 Å². The third-order valence-electron chi connectivity index (χ3n) is 3.53. The minimum atomic E-state index is -0.137. The standard InChI is InChI=1S/C15H15NO3S/c1-19-11-2-3-12(13(17)8-11)15(18)16-6-4-14-10(9-16)5-7-20-14/h2-3,5,7-8,17H,4,6,9H2,1H3. The number of carbonyl (C=O) groups is 1. The van der Waals surface area contributed by atoms with Gasteiger partial charge in [0, 0.05) is 24.0 Å². The summed E-state index contributed by atoms with van der Waals surface area (Å²) >= 11 is 1.74. The van der Waals surface area contributed by atoms with Gasteiger partial charge in [-0.1, -0.05) is 0 Å². The van der Waals surface area contributed by atoms with E-state index in [2.05, 4.69) is 11.4 Å². The highest BCUT2D eigenvalue weighted by Gasteiger charge is 2.24. The molecule has 1 aromatic heterocycles. The second kappa shape index (κ2) is 5.17. The molecule has 0 saturated carbocycles. The van der Waals surface area contributed by atoms with Crippen molar-refractivity contribution < 1.29 is 14.6 Å². The number of phenolic OH excluding ortho intramolecular Hbond substituents is 1. The fraction of sp³-hybridized carbons (Fsp3) is 0.267. The van der Waals surface area contributed by atoms with E-state index in [1.807, 2.05) is 0 Å². The van der Waals surface area contributed by atoms with Crippen LogP contribution in [-0.2, 0) is 13.0 Å². The maximum atomic E-state index is 12.5.